The number of anilines is 1. The molecular formula is C19H29N3O3. The molecule has 1 heterocycles. The van der Waals surface area contributed by atoms with Crippen molar-refractivity contribution in [3.63, 3.8) is 0 Å². The molecule has 1 aliphatic rings. The molecule has 1 saturated heterocycles. The van der Waals surface area contributed by atoms with Gasteiger partial charge in [-0.05, 0) is 50.5 Å². The van der Waals surface area contributed by atoms with E-state index in [9.17, 15) is 9.59 Å². The van der Waals surface area contributed by atoms with E-state index in [4.69, 9.17) is 4.74 Å². The largest absolute Gasteiger partial charge is 0.382 e. The molecule has 0 aromatic heterocycles. The first-order valence-electron chi connectivity index (χ1n) is 9.22. The Morgan fingerprint density at radius 1 is 1.08 bits per heavy atom. The van der Waals surface area contributed by atoms with Gasteiger partial charge in [0.1, 0.15) is 0 Å². The van der Waals surface area contributed by atoms with Gasteiger partial charge >= 0.3 is 6.03 Å². The number of carbonyl (C=O) groups is 2. The molecule has 0 spiro atoms. The van der Waals surface area contributed by atoms with Crippen LogP contribution in [0.4, 0.5) is 10.5 Å². The van der Waals surface area contributed by atoms with Crippen molar-refractivity contribution in [2.24, 2.45) is 0 Å². The number of rotatable bonds is 7. The summed E-state index contributed by atoms with van der Waals surface area (Å²) in [5, 5.41) is 5.55. The van der Waals surface area contributed by atoms with Crippen LogP contribution in [0.5, 0.6) is 0 Å². The molecule has 1 aromatic rings. The standard InChI is InChI=1S/C19H29N3O3/c1-2-25-15-7-12-20-19(24)21-17-10-8-16(9-11-17)18(23)22-13-5-3-4-6-14-22/h8-11H,2-7,12-15H2,1H3,(H2,20,21,24). The zero-order valence-electron chi connectivity index (χ0n) is 15.1. The van der Waals surface area contributed by atoms with Gasteiger partial charge in [-0.2, -0.15) is 0 Å². The lowest BCUT2D eigenvalue weighted by Crippen LogP contribution is -2.32. The van der Waals surface area contributed by atoms with Crippen molar-refractivity contribution < 1.29 is 14.3 Å². The highest BCUT2D eigenvalue weighted by Gasteiger charge is 2.17. The minimum atomic E-state index is -0.247. The van der Waals surface area contributed by atoms with E-state index in [0.717, 1.165) is 32.4 Å². The highest BCUT2D eigenvalue weighted by molar-refractivity contribution is 5.95. The van der Waals surface area contributed by atoms with Gasteiger partial charge in [0.25, 0.3) is 5.91 Å². The van der Waals surface area contributed by atoms with Crippen LogP contribution in [0.15, 0.2) is 24.3 Å². The molecule has 0 atom stereocenters. The van der Waals surface area contributed by atoms with Crippen molar-refractivity contribution in [2.45, 2.75) is 39.0 Å². The Bertz CT molecular complexity index is 537. The highest BCUT2D eigenvalue weighted by atomic mass is 16.5. The van der Waals surface area contributed by atoms with Gasteiger partial charge in [-0.25, -0.2) is 4.79 Å². The second-order valence-corrected chi connectivity index (χ2v) is 6.22. The maximum absolute atomic E-state index is 12.5. The molecule has 1 aromatic carbocycles. The van der Waals surface area contributed by atoms with Crippen molar-refractivity contribution in [3.8, 4) is 0 Å². The third-order valence-corrected chi connectivity index (χ3v) is 4.24. The maximum atomic E-state index is 12.5. The molecule has 1 fully saturated rings. The van der Waals surface area contributed by atoms with Crippen molar-refractivity contribution in [3.05, 3.63) is 29.8 Å². The van der Waals surface area contributed by atoms with Gasteiger partial charge in [0, 0.05) is 44.1 Å². The van der Waals surface area contributed by atoms with Crippen molar-refractivity contribution in [1.82, 2.24) is 10.2 Å². The molecule has 25 heavy (non-hydrogen) atoms. The summed E-state index contributed by atoms with van der Waals surface area (Å²) in [6.07, 6.45) is 5.34. The molecule has 0 saturated carbocycles. The summed E-state index contributed by atoms with van der Waals surface area (Å²) >= 11 is 0. The first-order valence-corrected chi connectivity index (χ1v) is 9.22. The van der Waals surface area contributed by atoms with E-state index in [1.807, 2.05) is 11.8 Å². The number of likely N-dealkylation sites (tertiary alicyclic amines) is 1. The summed E-state index contributed by atoms with van der Waals surface area (Å²) in [6, 6.07) is 6.84. The molecule has 6 heteroatoms. The van der Waals surface area contributed by atoms with E-state index in [0.29, 0.717) is 31.0 Å². The van der Waals surface area contributed by atoms with Crippen molar-refractivity contribution in [2.75, 3.05) is 38.2 Å². The summed E-state index contributed by atoms with van der Waals surface area (Å²) in [5.41, 5.74) is 1.35. The Kier molecular flexibility index (Phi) is 8.25. The third kappa shape index (κ3) is 6.74. The van der Waals surface area contributed by atoms with Crippen LogP contribution in [0, 0.1) is 0 Å². The smallest absolute Gasteiger partial charge is 0.319 e. The summed E-state index contributed by atoms with van der Waals surface area (Å²) in [5.74, 6) is 0.0776. The average Bonchev–Trinajstić information content (AvgIpc) is 2.91. The SMILES string of the molecule is CCOCCCNC(=O)Nc1ccc(C(=O)N2CCCCCC2)cc1. The quantitative estimate of drug-likeness (QED) is 0.744. The summed E-state index contributed by atoms with van der Waals surface area (Å²) in [7, 11) is 0. The van der Waals surface area contributed by atoms with E-state index in [-0.39, 0.29) is 11.9 Å². The van der Waals surface area contributed by atoms with E-state index in [1.54, 1.807) is 24.3 Å². The first kappa shape index (κ1) is 19.2. The minimum absolute atomic E-state index is 0.0776. The van der Waals surface area contributed by atoms with E-state index >= 15 is 0 Å². The number of urea groups is 1. The number of nitrogens with zero attached hydrogens (tertiary/aromatic N) is 1. The molecule has 0 unspecified atom stereocenters. The summed E-state index contributed by atoms with van der Waals surface area (Å²) in [6.45, 7) is 5.52. The molecule has 2 rings (SSSR count). The number of nitrogens with one attached hydrogen (secondary N) is 2. The van der Waals surface area contributed by atoms with Crippen LogP contribution in [-0.2, 0) is 4.74 Å². The van der Waals surface area contributed by atoms with Crippen LogP contribution in [0.25, 0.3) is 0 Å². The average molecular weight is 347 g/mol. The van der Waals surface area contributed by atoms with Crippen LogP contribution < -0.4 is 10.6 Å². The molecular weight excluding hydrogens is 318 g/mol. The molecule has 0 bridgehead atoms. The van der Waals surface area contributed by atoms with Gasteiger partial charge < -0.3 is 20.3 Å². The summed E-state index contributed by atoms with van der Waals surface area (Å²) in [4.78, 5) is 26.3. The van der Waals surface area contributed by atoms with Crippen molar-refractivity contribution in [1.29, 1.82) is 0 Å². The van der Waals surface area contributed by atoms with Crippen molar-refractivity contribution >= 4 is 17.6 Å². The van der Waals surface area contributed by atoms with Crippen LogP contribution in [0.1, 0.15) is 49.4 Å². The third-order valence-electron chi connectivity index (χ3n) is 4.24. The van der Waals surface area contributed by atoms with Gasteiger partial charge in [0.05, 0.1) is 0 Å². The Hall–Kier alpha value is -2.08. The predicted octanol–water partition coefficient (Wildman–Crippen LogP) is 3.25. The van der Waals surface area contributed by atoms with Crippen LogP contribution in [0.3, 0.4) is 0 Å². The van der Waals surface area contributed by atoms with E-state index < -0.39 is 0 Å². The van der Waals surface area contributed by atoms with Gasteiger partial charge in [-0.3, -0.25) is 4.79 Å². The topological polar surface area (TPSA) is 70.7 Å². The van der Waals surface area contributed by atoms with Gasteiger partial charge in [-0.1, -0.05) is 12.8 Å². The maximum Gasteiger partial charge on any atom is 0.319 e. The fraction of sp³-hybridized carbons (Fsp3) is 0.579. The predicted molar refractivity (Wildman–Crippen MR) is 98.9 cm³/mol. The van der Waals surface area contributed by atoms with Crippen LogP contribution >= 0.6 is 0 Å². The normalized spacial score (nSPS) is 14.7. The monoisotopic (exact) mass is 347 g/mol. The Balaban J connectivity index is 1.78. The van der Waals surface area contributed by atoms with E-state index in [1.165, 1.54) is 12.8 Å². The Morgan fingerprint density at radius 2 is 1.76 bits per heavy atom. The second-order valence-electron chi connectivity index (χ2n) is 6.22. The zero-order valence-corrected chi connectivity index (χ0v) is 15.1. The fourth-order valence-electron chi connectivity index (χ4n) is 2.85. The van der Waals surface area contributed by atoms with E-state index in [2.05, 4.69) is 10.6 Å². The van der Waals surface area contributed by atoms with Gasteiger partial charge in [0.2, 0.25) is 0 Å². The molecule has 3 amide bonds. The molecule has 138 valence electrons. The molecule has 2 N–H and O–H groups in total. The van der Waals surface area contributed by atoms with Gasteiger partial charge in [-0.15, -0.1) is 0 Å². The lowest BCUT2D eigenvalue weighted by Gasteiger charge is -2.20. The highest BCUT2D eigenvalue weighted by Crippen LogP contribution is 2.15. The van der Waals surface area contributed by atoms with Gasteiger partial charge in [0.15, 0.2) is 0 Å². The molecule has 6 nitrogen and oxygen atoms in total. The summed E-state index contributed by atoms with van der Waals surface area (Å²) < 4.78 is 5.22. The van der Waals surface area contributed by atoms with Crippen LogP contribution in [0.2, 0.25) is 0 Å². The Morgan fingerprint density at radius 3 is 2.40 bits per heavy atom. The lowest BCUT2D eigenvalue weighted by atomic mass is 10.1. The molecule has 0 radical (unpaired) electrons. The Labute approximate surface area is 149 Å². The van der Waals surface area contributed by atoms with Crippen LogP contribution in [-0.4, -0.2) is 49.7 Å². The zero-order chi connectivity index (χ0) is 17.9. The number of hydrogen-bond donors (Lipinski definition) is 2. The number of carbonyl (C=O) groups excluding carboxylic acids is 2. The first-order chi connectivity index (χ1) is 12.2. The number of amides is 3. The number of ether oxygens (including phenoxy) is 1. The lowest BCUT2D eigenvalue weighted by molar-refractivity contribution is 0.0761. The molecule has 1 aliphatic heterocycles. The fourth-order valence-corrected chi connectivity index (χ4v) is 2.85. The number of benzene rings is 1. The second kappa shape index (κ2) is 10.7. The molecule has 0 aliphatic carbocycles. The number of hydrogen-bond acceptors (Lipinski definition) is 3. The minimum Gasteiger partial charge on any atom is -0.382 e.